The van der Waals surface area contributed by atoms with Crippen LogP contribution >= 0.6 is 0 Å². The molecule has 2 atom stereocenters. The summed E-state index contributed by atoms with van der Waals surface area (Å²) in [5.41, 5.74) is 1.41. The van der Waals surface area contributed by atoms with Crippen molar-refractivity contribution >= 4 is 5.91 Å². The molecule has 1 aliphatic rings. The standard InChI is InChI=1S/C19H23N3O2/c1-14-7-5-6-10-16(14)22-19(23)17-11-18(21-13-20-17)24-12-15-8-3-2-4-9-15/h2-4,8-9,11,13-14,16H,5-7,10,12H2,1H3,(H,22,23). The number of hydrogen-bond donors (Lipinski definition) is 1. The Kier molecular flexibility index (Phi) is 5.41. The monoisotopic (exact) mass is 325 g/mol. The van der Waals surface area contributed by atoms with Crippen molar-refractivity contribution < 1.29 is 9.53 Å². The van der Waals surface area contributed by atoms with E-state index in [0.717, 1.165) is 12.0 Å². The van der Waals surface area contributed by atoms with Gasteiger partial charge in [-0.3, -0.25) is 4.79 Å². The third-order valence-electron chi connectivity index (χ3n) is 4.53. The van der Waals surface area contributed by atoms with E-state index in [-0.39, 0.29) is 11.9 Å². The zero-order valence-corrected chi connectivity index (χ0v) is 13.9. The summed E-state index contributed by atoms with van der Waals surface area (Å²) in [4.78, 5) is 20.6. The number of rotatable bonds is 5. The van der Waals surface area contributed by atoms with Crippen LogP contribution in [0.4, 0.5) is 0 Å². The van der Waals surface area contributed by atoms with Gasteiger partial charge >= 0.3 is 0 Å². The van der Waals surface area contributed by atoms with Crippen molar-refractivity contribution in [3.05, 3.63) is 54.0 Å². The number of hydrogen-bond acceptors (Lipinski definition) is 4. The lowest BCUT2D eigenvalue weighted by atomic mass is 9.86. The molecule has 0 radical (unpaired) electrons. The molecule has 1 amide bonds. The second kappa shape index (κ2) is 7.90. The molecule has 126 valence electrons. The molecule has 5 heteroatoms. The van der Waals surface area contributed by atoms with Crippen molar-refractivity contribution in [3.63, 3.8) is 0 Å². The molecule has 0 saturated heterocycles. The highest BCUT2D eigenvalue weighted by molar-refractivity contribution is 5.92. The second-order valence-corrected chi connectivity index (χ2v) is 6.36. The molecular formula is C19H23N3O2. The lowest BCUT2D eigenvalue weighted by Crippen LogP contribution is -2.41. The number of aromatic nitrogens is 2. The number of nitrogens with one attached hydrogen (secondary N) is 1. The molecule has 1 aromatic heterocycles. The first-order chi connectivity index (χ1) is 11.7. The fourth-order valence-electron chi connectivity index (χ4n) is 3.05. The predicted octanol–water partition coefficient (Wildman–Crippen LogP) is 3.36. The molecule has 1 N–H and O–H groups in total. The number of amides is 1. The molecule has 5 nitrogen and oxygen atoms in total. The fraction of sp³-hybridized carbons (Fsp3) is 0.421. The van der Waals surface area contributed by atoms with Gasteiger partial charge < -0.3 is 10.1 Å². The summed E-state index contributed by atoms with van der Waals surface area (Å²) in [7, 11) is 0. The van der Waals surface area contributed by atoms with Crippen molar-refractivity contribution in [2.75, 3.05) is 0 Å². The van der Waals surface area contributed by atoms with Gasteiger partial charge in [0.2, 0.25) is 5.88 Å². The molecule has 0 bridgehead atoms. The lowest BCUT2D eigenvalue weighted by Gasteiger charge is -2.29. The largest absolute Gasteiger partial charge is 0.473 e. The normalized spacial score (nSPS) is 20.4. The van der Waals surface area contributed by atoms with Gasteiger partial charge in [0.05, 0.1) is 0 Å². The van der Waals surface area contributed by atoms with E-state index in [1.54, 1.807) is 6.07 Å². The summed E-state index contributed by atoms with van der Waals surface area (Å²) in [5, 5.41) is 3.10. The highest BCUT2D eigenvalue weighted by Crippen LogP contribution is 2.24. The number of benzene rings is 1. The van der Waals surface area contributed by atoms with Gasteiger partial charge in [-0.2, -0.15) is 0 Å². The van der Waals surface area contributed by atoms with Crippen molar-refractivity contribution in [3.8, 4) is 5.88 Å². The van der Waals surface area contributed by atoms with Crippen LogP contribution in [0.3, 0.4) is 0 Å². The van der Waals surface area contributed by atoms with Crippen molar-refractivity contribution in [1.29, 1.82) is 0 Å². The van der Waals surface area contributed by atoms with Gasteiger partial charge in [0.25, 0.3) is 5.91 Å². The second-order valence-electron chi connectivity index (χ2n) is 6.36. The maximum Gasteiger partial charge on any atom is 0.270 e. The Balaban J connectivity index is 1.60. The highest BCUT2D eigenvalue weighted by atomic mass is 16.5. The van der Waals surface area contributed by atoms with E-state index < -0.39 is 0 Å². The molecule has 1 aliphatic carbocycles. The van der Waals surface area contributed by atoms with Crippen LogP contribution in [0.1, 0.15) is 48.7 Å². The topological polar surface area (TPSA) is 64.1 Å². The minimum absolute atomic E-state index is 0.152. The molecule has 0 aliphatic heterocycles. The van der Waals surface area contributed by atoms with Crippen molar-refractivity contribution in [2.45, 2.75) is 45.3 Å². The molecule has 24 heavy (non-hydrogen) atoms. The maximum atomic E-state index is 12.4. The van der Waals surface area contributed by atoms with Crippen LogP contribution in [0, 0.1) is 5.92 Å². The van der Waals surface area contributed by atoms with Crippen LogP contribution in [-0.2, 0) is 6.61 Å². The van der Waals surface area contributed by atoms with E-state index in [0.29, 0.717) is 24.1 Å². The Hall–Kier alpha value is -2.43. The van der Waals surface area contributed by atoms with E-state index in [4.69, 9.17) is 4.74 Å². The molecule has 1 saturated carbocycles. The van der Waals surface area contributed by atoms with Gasteiger partial charge in [-0.05, 0) is 24.3 Å². The average molecular weight is 325 g/mol. The molecular weight excluding hydrogens is 302 g/mol. The molecule has 1 aromatic carbocycles. The number of nitrogens with zero attached hydrogens (tertiary/aromatic N) is 2. The summed E-state index contributed by atoms with van der Waals surface area (Å²) >= 11 is 0. The molecule has 2 aromatic rings. The van der Waals surface area contributed by atoms with Crippen LogP contribution in [0.15, 0.2) is 42.7 Å². The SMILES string of the molecule is CC1CCCCC1NC(=O)c1cc(OCc2ccccc2)ncn1. The van der Waals surface area contributed by atoms with Crippen LogP contribution < -0.4 is 10.1 Å². The van der Waals surface area contributed by atoms with Gasteiger partial charge in [0, 0.05) is 12.1 Å². The molecule has 2 unspecified atom stereocenters. The van der Waals surface area contributed by atoms with E-state index >= 15 is 0 Å². The third kappa shape index (κ3) is 4.31. The zero-order valence-electron chi connectivity index (χ0n) is 13.9. The van der Waals surface area contributed by atoms with Gasteiger partial charge in [0.1, 0.15) is 18.6 Å². The molecule has 1 heterocycles. The quantitative estimate of drug-likeness (QED) is 0.915. The van der Waals surface area contributed by atoms with E-state index in [1.165, 1.54) is 25.6 Å². The summed E-state index contributed by atoms with van der Waals surface area (Å²) in [6, 6.07) is 11.7. The summed E-state index contributed by atoms with van der Waals surface area (Å²) in [6.07, 6.45) is 6.00. The first-order valence-corrected chi connectivity index (χ1v) is 8.52. The number of ether oxygens (including phenoxy) is 1. The van der Waals surface area contributed by atoms with Crippen LogP contribution in [0.2, 0.25) is 0 Å². The van der Waals surface area contributed by atoms with Crippen LogP contribution in [0.5, 0.6) is 5.88 Å². The van der Waals surface area contributed by atoms with Crippen molar-refractivity contribution in [2.24, 2.45) is 5.92 Å². The van der Waals surface area contributed by atoms with Crippen LogP contribution in [-0.4, -0.2) is 21.9 Å². The summed E-state index contributed by atoms with van der Waals surface area (Å²) in [5.74, 6) is 0.773. The van der Waals surface area contributed by atoms with E-state index in [9.17, 15) is 4.79 Å². The summed E-state index contributed by atoms with van der Waals surface area (Å²) in [6.45, 7) is 2.61. The third-order valence-corrected chi connectivity index (χ3v) is 4.53. The van der Waals surface area contributed by atoms with E-state index in [2.05, 4.69) is 22.2 Å². The smallest absolute Gasteiger partial charge is 0.270 e. The Morgan fingerprint density at radius 1 is 1.21 bits per heavy atom. The van der Waals surface area contributed by atoms with Gasteiger partial charge in [-0.15, -0.1) is 0 Å². The van der Waals surface area contributed by atoms with Gasteiger partial charge in [0.15, 0.2) is 0 Å². The van der Waals surface area contributed by atoms with Gasteiger partial charge in [-0.25, -0.2) is 9.97 Å². The minimum atomic E-state index is -0.152. The maximum absolute atomic E-state index is 12.4. The zero-order chi connectivity index (χ0) is 16.8. The van der Waals surface area contributed by atoms with Crippen molar-refractivity contribution in [1.82, 2.24) is 15.3 Å². The minimum Gasteiger partial charge on any atom is -0.473 e. The van der Waals surface area contributed by atoms with Crippen LogP contribution in [0.25, 0.3) is 0 Å². The average Bonchev–Trinajstić information content (AvgIpc) is 2.63. The van der Waals surface area contributed by atoms with Gasteiger partial charge in [-0.1, -0.05) is 50.1 Å². The Labute approximate surface area is 142 Å². The van der Waals surface area contributed by atoms with E-state index in [1.807, 2.05) is 30.3 Å². The first kappa shape index (κ1) is 16.4. The predicted molar refractivity (Wildman–Crippen MR) is 91.7 cm³/mol. The lowest BCUT2D eigenvalue weighted by molar-refractivity contribution is 0.0904. The fourth-order valence-corrected chi connectivity index (χ4v) is 3.05. The molecule has 1 fully saturated rings. The molecule has 3 rings (SSSR count). The Morgan fingerprint density at radius 2 is 2.00 bits per heavy atom. The Bertz CT molecular complexity index is 675. The number of carbonyl (C=O) groups is 1. The first-order valence-electron chi connectivity index (χ1n) is 8.52. The Morgan fingerprint density at radius 3 is 2.79 bits per heavy atom. The number of carbonyl (C=O) groups excluding carboxylic acids is 1. The highest BCUT2D eigenvalue weighted by Gasteiger charge is 2.23. The molecule has 0 spiro atoms. The summed E-state index contributed by atoms with van der Waals surface area (Å²) < 4.78 is 5.66.